The summed E-state index contributed by atoms with van der Waals surface area (Å²) in [4.78, 5) is 86.3. The number of rotatable bonds is 0. The Morgan fingerprint density at radius 1 is 0.200 bits per heavy atom. The fraction of sp³-hybridized carbons (Fsp3) is 0. The van der Waals surface area contributed by atoms with Gasteiger partial charge in [-0.1, -0.05) is 109 Å². The average molecular weight is 1450 g/mol. The maximum Gasteiger partial charge on any atom is 0.232 e. The Kier molecular flexibility index (Phi) is 18.1. The van der Waals surface area contributed by atoms with Crippen molar-refractivity contribution in [1.29, 1.82) is 0 Å². The molecule has 0 saturated heterocycles. The van der Waals surface area contributed by atoms with Gasteiger partial charge in [0.1, 0.15) is 72.1 Å². The lowest BCUT2D eigenvalue weighted by Gasteiger charge is -2.08. The molecule has 110 heavy (non-hydrogen) atoms. The summed E-state index contributed by atoms with van der Waals surface area (Å²) in [7, 11) is 0. The van der Waals surface area contributed by atoms with Crippen LogP contribution in [0, 0.1) is 0 Å². The molecule has 522 valence electrons. The Morgan fingerprint density at radius 2 is 0.636 bits per heavy atom. The van der Waals surface area contributed by atoms with Crippen LogP contribution in [0.2, 0.25) is 0 Å². The summed E-state index contributed by atoms with van der Waals surface area (Å²) in [6, 6.07) is 52.3. The molecular weight excluding hydrogens is 1400 g/mol. The monoisotopic (exact) mass is 1450 g/mol. The number of nitrogens with zero attached hydrogens (tertiary/aromatic N) is 21. The van der Waals surface area contributed by atoms with Gasteiger partial charge in [-0.05, 0) is 70.1 Å². The highest BCUT2D eigenvalue weighted by atomic mass is 32.1. The number of hydrogen-bond acceptors (Lipinski definition) is 27. The summed E-state index contributed by atoms with van der Waals surface area (Å²) in [5.41, 5.74) is 9.40. The van der Waals surface area contributed by atoms with Crippen molar-refractivity contribution < 1.29 is 22.1 Å². The molecular formula is C83H49N21O5S. The van der Waals surface area contributed by atoms with E-state index >= 15 is 0 Å². The van der Waals surface area contributed by atoms with Gasteiger partial charge in [0.05, 0.1) is 44.0 Å². The number of thiophene rings is 1. The van der Waals surface area contributed by atoms with Gasteiger partial charge in [-0.25, -0.2) is 89.7 Å². The van der Waals surface area contributed by atoms with Crippen molar-refractivity contribution in [3.05, 3.63) is 301 Å². The lowest BCUT2D eigenvalue weighted by molar-refractivity contribution is 0.639. The van der Waals surface area contributed by atoms with Crippen LogP contribution in [0.1, 0.15) is 0 Å². The van der Waals surface area contributed by atoms with Crippen molar-refractivity contribution in [3.8, 4) is 0 Å². The minimum atomic E-state index is 0.587. The standard InChI is InChI=1S/C16H10N2.C11H7N3.C10H6N2O.C10H6N2S.4C9H5N3O/c1-2-7-13-11(5-1)12-6-3-4-8-14(12)16-15(13)9-17-10-18-16;1-2-4-9-8(3-1)5-13-11-10(9)6-12-7-14-11;2*1-2-4-9-7(3-1)8-5-11-6-12-10(8)13-9;1-2-10-3-6-7-4-11-5-12-9(7)13-8(1)6;1-2-10-4-8-6(1)7-3-11-5-12-9(7)13-8;1-2-7-8(11-3-1)6-4-10-5-12-9(6)13-7;1-2-6-7-4-10-5-12-9(7)13-8(6)11-3-1/h1-10H;1-7H;2*1-6H;4*1-5H. The molecule has 0 unspecified atom stereocenters. The zero-order valence-corrected chi connectivity index (χ0v) is 57.9. The Morgan fingerprint density at radius 3 is 1.36 bits per heavy atom. The van der Waals surface area contributed by atoms with Crippen molar-refractivity contribution >= 4 is 196 Å². The summed E-state index contributed by atoms with van der Waals surface area (Å²) >= 11 is 1.71. The highest BCUT2D eigenvalue weighted by Crippen LogP contribution is 2.35. The van der Waals surface area contributed by atoms with Gasteiger partial charge in [-0.15, -0.1) is 11.3 Å². The van der Waals surface area contributed by atoms with E-state index in [-0.39, 0.29) is 0 Å². The molecule has 26 nitrogen and oxygen atoms in total. The van der Waals surface area contributed by atoms with E-state index in [9.17, 15) is 0 Å². The van der Waals surface area contributed by atoms with Crippen LogP contribution in [-0.4, -0.2) is 105 Å². The van der Waals surface area contributed by atoms with Gasteiger partial charge in [0.15, 0.2) is 16.8 Å². The van der Waals surface area contributed by atoms with Crippen LogP contribution in [0.4, 0.5) is 0 Å². The third kappa shape index (κ3) is 13.3. The lowest BCUT2D eigenvalue weighted by atomic mass is 9.98. The molecule has 0 aliphatic heterocycles. The molecule has 0 aliphatic carbocycles. The molecule has 0 atom stereocenters. The van der Waals surface area contributed by atoms with Gasteiger partial charge in [0.2, 0.25) is 34.3 Å². The molecule has 25 rings (SSSR count). The predicted octanol–water partition coefficient (Wildman–Crippen LogP) is 18.4. The largest absolute Gasteiger partial charge is 0.438 e. The minimum Gasteiger partial charge on any atom is -0.438 e. The van der Waals surface area contributed by atoms with E-state index in [1.807, 2.05) is 110 Å². The second kappa shape index (κ2) is 30.1. The maximum atomic E-state index is 5.50. The zero-order chi connectivity index (χ0) is 73.4. The molecule has 27 heteroatoms. The van der Waals surface area contributed by atoms with E-state index in [1.54, 1.807) is 98.4 Å². The number of para-hydroxylation sites is 1. The Balaban J connectivity index is 0.0000000884. The summed E-state index contributed by atoms with van der Waals surface area (Å²) in [6.07, 6.45) is 38.5. The molecule has 0 radical (unpaired) electrons. The van der Waals surface area contributed by atoms with Crippen LogP contribution in [-0.2, 0) is 0 Å². The van der Waals surface area contributed by atoms with Crippen molar-refractivity contribution in [2.75, 3.05) is 0 Å². The molecule has 25 aromatic rings. The number of aromatic nitrogens is 21. The maximum absolute atomic E-state index is 5.50. The van der Waals surface area contributed by atoms with E-state index in [4.69, 9.17) is 22.1 Å². The van der Waals surface area contributed by atoms with Gasteiger partial charge in [-0.3, -0.25) is 15.0 Å². The van der Waals surface area contributed by atoms with Crippen LogP contribution >= 0.6 is 11.3 Å². The third-order valence-electron chi connectivity index (χ3n) is 17.5. The van der Waals surface area contributed by atoms with E-state index in [2.05, 4.69) is 171 Å². The first kappa shape index (κ1) is 66.2. The van der Waals surface area contributed by atoms with Crippen molar-refractivity contribution in [2.24, 2.45) is 0 Å². The number of benzene rings is 6. The summed E-state index contributed by atoms with van der Waals surface area (Å²) in [5, 5.41) is 20.3. The molecule has 0 aliphatic rings. The minimum absolute atomic E-state index is 0.587. The molecule has 19 aromatic heterocycles. The zero-order valence-electron chi connectivity index (χ0n) is 57.1. The van der Waals surface area contributed by atoms with Crippen LogP contribution in [0.5, 0.6) is 0 Å². The smallest absolute Gasteiger partial charge is 0.232 e. The second-order valence-electron chi connectivity index (χ2n) is 24.0. The number of pyridine rings is 5. The number of fused-ring (bicyclic) bond motifs is 27. The van der Waals surface area contributed by atoms with E-state index in [0.717, 1.165) is 119 Å². The molecule has 6 aromatic carbocycles. The number of furan rings is 5. The SMILES string of the molecule is c1cc2c(cn1)oc1ncncc12.c1cc2oc3ncncc3c2cn1.c1ccc2c(c1)c1ccccc1c1ncncc21.c1ccc2c(c1)cnc1ncncc12.c1ccc2c(c1)oc1ncncc12.c1ccc2c(c1)sc1ncncc12.c1cnc2c(c1)oc1ncncc12.c1cnc2oc3ncncc3c2c1. The first-order valence-corrected chi connectivity index (χ1v) is 34.7. The van der Waals surface area contributed by atoms with E-state index < -0.39 is 0 Å². The van der Waals surface area contributed by atoms with Crippen LogP contribution in [0.3, 0.4) is 0 Å². The topological polar surface area (TPSA) is 336 Å². The van der Waals surface area contributed by atoms with E-state index in [0.29, 0.717) is 34.3 Å². The van der Waals surface area contributed by atoms with Crippen molar-refractivity contribution in [2.45, 2.75) is 0 Å². The van der Waals surface area contributed by atoms with Gasteiger partial charge in [0.25, 0.3) is 0 Å². The fourth-order valence-corrected chi connectivity index (χ4v) is 13.6. The molecule has 0 amide bonds. The quantitative estimate of drug-likeness (QED) is 0.127. The summed E-state index contributed by atoms with van der Waals surface area (Å²) < 4.78 is 28.5. The molecule has 0 fully saturated rings. The Hall–Kier alpha value is -15.8. The third-order valence-corrected chi connectivity index (χ3v) is 18.6. The molecule has 0 spiro atoms. The van der Waals surface area contributed by atoms with Gasteiger partial charge < -0.3 is 22.1 Å². The lowest BCUT2D eigenvalue weighted by Crippen LogP contribution is -1.86. The van der Waals surface area contributed by atoms with Crippen LogP contribution < -0.4 is 0 Å². The molecule has 0 N–H and O–H groups in total. The van der Waals surface area contributed by atoms with Gasteiger partial charge in [0, 0.05) is 140 Å². The predicted molar refractivity (Wildman–Crippen MR) is 422 cm³/mol. The first-order valence-electron chi connectivity index (χ1n) is 33.9. The van der Waals surface area contributed by atoms with Gasteiger partial charge >= 0.3 is 0 Å². The highest BCUT2D eigenvalue weighted by molar-refractivity contribution is 7.25. The molecule has 19 heterocycles. The van der Waals surface area contributed by atoms with Crippen molar-refractivity contribution in [3.63, 3.8) is 0 Å². The average Bonchev–Trinajstić information content (AvgIpc) is 1.33. The Bertz CT molecular complexity index is 6210. The first-order chi connectivity index (χ1) is 54.6. The normalized spacial score (nSPS) is 11.1. The summed E-state index contributed by atoms with van der Waals surface area (Å²) in [6.45, 7) is 0. The van der Waals surface area contributed by atoms with Crippen LogP contribution in [0.15, 0.2) is 323 Å². The second-order valence-corrected chi connectivity index (χ2v) is 25.0. The molecule has 0 saturated carbocycles. The van der Waals surface area contributed by atoms with E-state index in [1.165, 1.54) is 69.6 Å². The summed E-state index contributed by atoms with van der Waals surface area (Å²) in [5.74, 6) is 0. The highest BCUT2D eigenvalue weighted by Gasteiger charge is 2.13. The molecule has 0 bridgehead atoms. The fourth-order valence-electron chi connectivity index (χ4n) is 12.6. The van der Waals surface area contributed by atoms with Gasteiger partial charge in [-0.2, -0.15) is 0 Å². The Labute approximate surface area is 621 Å². The number of hydrogen-bond donors (Lipinski definition) is 0. The van der Waals surface area contributed by atoms with Crippen molar-refractivity contribution in [1.82, 2.24) is 105 Å². The van der Waals surface area contributed by atoms with Crippen LogP contribution in [0.25, 0.3) is 185 Å².